The number of aromatic nitrogens is 1. The third-order valence-electron chi connectivity index (χ3n) is 11.8. The van der Waals surface area contributed by atoms with Gasteiger partial charge in [0.05, 0.1) is 35.3 Å². The maximum atomic E-state index is 13.8. The fraction of sp³-hybridized carbons (Fsp3) is 0.377. The number of carbonyl (C=O) groups is 4. The van der Waals surface area contributed by atoms with Gasteiger partial charge in [0.1, 0.15) is 24.4 Å². The molecule has 3 N–H and O–H groups in total. The van der Waals surface area contributed by atoms with Crippen LogP contribution < -0.4 is 15.4 Å². The predicted octanol–water partition coefficient (Wildman–Crippen LogP) is 8.91. The number of thiazole rings is 1. The lowest BCUT2D eigenvalue weighted by Crippen LogP contribution is -2.55. The summed E-state index contributed by atoms with van der Waals surface area (Å²) in [7, 11) is 1.67. The Bertz CT molecular complexity index is 2390. The standard InChI is InChI=1S/C53H63N5O7S/c1-6-45(39-16-10-7-11-17-39)48(40-18-12-8-13-19-40)41-25-27-44(28-26-41)64-31-29-57(5)53(63)65-30-15-9-14-20-47(60)56-49(36(2)3)52(62)58-34-43(59)32-46(58)51(61)54-33-38-21-23-42(24-22-38)50-37(4)55-35-66-50/h7-8,10-13,16-19,21-28,35-36,43,46,49,59H,6,9,14-15,20,29-34H2,1-5H3,(H,54,61)(H,56,60)/b48-45-/t43-,46+,49+/m1/s1. The molecule has 66 heavy (non-hydrogen) atoms. The van der Waals surface area contributed by atoms with E-state index in [1.165, 1.54) is 26.5 Å². The monoisotopic (exact) mass is 913 g/mol. The van der Waals surface area contributed by atoms with Crippen molar-refractivity contribution < 1.29 is 33.8 Å². The molecule has 0 bridgehead atoms. The first-order valence-corrected chi connectivity index (χ1v) is 23.8. The van der Waals surface area contributed by atoms with Gasteiger partial charge in [0.2, 0.25) is 17.7 Å². The highest BCUT2D eigenvalue weighted by molar-refractivity contribution is 7.13. The van der Waals surface area contributed by atoms with Crippen molar-refractivity contribution in [1.82, 2.24) is 25.4 Å². The molecule has 0 saturated carbocycles. The van der Waals surface area contributed by atoms with E-state index in [1.807, 2.05) is 74.8 Å². The predicted molar refractivity (Wildman–Crippen MR) is 261 cm³/mol. The number of ether oxygens (including phenoxy) is 2. The summed E-state index contributed by atoms with van der Waals surface area (Å²) in [5.74, 6) is -0.572. The molecule has 1 aromatic heterocycles. The summed E-state index contributed by atoms with van der Waals surface area (Å²) in [5, 5.41) is 16.3. The van der Waals surface area contributed by atoms with Crippen LogP contribution >= 0.6 is 11.3 Å². The van der Waals surface area contributed by atoms with Crippen molar-refractivity contribution in [3.8, 4) is 16.2 Å². The fourth-order valence-corrected chi connectivity index (χ4v) is 8.94. The molecule has 2 heterocycles. The van der Waals surface area contributed by atoms with Gasteiger partial charge in [-0.1, -0.05) is 118 Å². The number of aliphatic hydroxyl groups is 1. The average Bonchev–Trinajstić information content (AvgIpc) is 3.95. The Morgan fingerprint density at radius 2 is 1.53 bits per heavy atom. The maximum absolute atomic E-state index is 13.8. The number of hydrogen-bond donors (Lipinski definition) is 3. The van der Waals surface area contributed by atoms with Gasteiger partial charge in [-0.3, -0.25) is 14.4 Å². The molecule has 13 heteroatoms. The Balaban J connectivity index is 0.886. The number of hydrogen-bond acceptors (Lipinski definition) is 9. The minimum absolute atomic E-state index is 0.0116. The molecule has 3 atom stereocenters. The van der Waals surface area contributed by atoms with Gasteiger partial charge in [-0.25, -0.2) is 9.78 Å². The summed E-state index contributed by atoms with van der Waals surface area (Å²) in [5.41, 5.74) is 10.6. The van der Waals surface area contributed by atoms with Gasteiger partial charge in [-0.05, 0) is 89.6 Å². The molecule has 1 aliphatic rings. The fourth-order valence-electron chi connectivity index (χ4n) is 8.13. The number of likely N-dealkylation sites (tertiary alicyclic amines) is 1. The first kappa shape index (κ1) is 49.1. The number of likely N-dealkylation sites (N-methyl/N-ethyl adjacent to an activating group) is 1. The molecular weight excluding hydrogens is 851 g/mol. The third kappa shape index (κ3) is 13.4. The van der Waals surface area contributed by atoms with Crippen LogP contribution in [0.2, 0.25) is 0 Å². The van der Waals surface area contributed by atoms with Crippen molar-refractivity contribution in [1.29, 1.82) is 0 Å². The summed E-state index contributed by atoms with van der Waals surface area (Å²) >= 11 is 1.58. The number of aliphatic hydroxyl groups excluding tert-OH is 1. The largest absolute Gasteiger partial charge is 0.492 e. The van der Waals surface area contributed by atoms with Gasteiger partial charge in [0.15, 0.2) is 0 Å². The van der Waals surface area contributed by atoms with E-state index in [1.54, 1.807) is 18.4 Å². The second-order valence-corrected chi connectivity index (χ2v) is 17.9. The highest BCUT2D eigenvalue weighted by Gasteiger charge is 2.42. The van der Waals surface area contributed by atoms with Gasteiger partial charge >= 0.3 is 6.09 Å². The van der Waals surface area contributed by atoms with Crippen molar-refractivity contribution in [2.24, 2.45) is 5.92 Å². The lowest BCUT2D eigenvalue weighted by atomic mass is 9.88. The number of unbranched alkanes of at least 4 members (excludes halogenated alkanes) is 2. The number of β-amino-alcohol motifs (C(OH)–C–C–N with tert-alkyl or cyclic N) is 1. The molecule has 12 nitrogen and oxygen atoms in total. The van der Waals surface area contributed by atoms with Crippen LogP contribution in [-0.2, 0) is 25.7 Å². The van der Waals surface area contributed by atoms with Gasteiger partial charge in [0, 0.05) is 33.0 Å². The van der Waals surface area contributed by atoms with E-state index in [4.69, 9.17) is 9.47 Å². The van der Waals surface area contributed by atoms with Crippen LogP contribution in [0.3, 0.4) is 0 Å². The molecular formula is C53H63N5O7S. The van der Waals surface area contributed by atoms with Gasteiger partial charge in [-0.15, -0.1) is 11.3 Å². The van der Waals surface area contributed by atoms with Gasteiger partial charge in [0.25, 0.3) is 0 Å². The molecule has 6 rings (SSSR count). The normalized spacial score (nSPS) is 15.5. The summed E-state index contributed by atoms with van der Waals surface area (Å²) in [6.07, 6.45) is 1.63. The molecule has 348 valence electrons. The van der Waals surface area contributed by atoms with Crippen molar-refractivity contribution in [2.45, 2.75) is 91.0 Å². The van der Waals surface area contributed by atoms with Crippen LogP contribution in [0.5, 0.6) is 5.75 Å². The molecule has 0 spiro atoms. The minimum atomic E-state index is -0.857. The first-order valence-electron chi connectivity index (χ1n) is 22.9. The summed E-state index contributed by atoms with van der Waals surface area (Å²) in [4.78, 5) is 61.2. The van der Waals surface area contributed by atoms with Gasteiger partial charge in [-0.2, -0.15) is 0 Å². The molecule has 1 saturated heterocycles. The smallest absolute Gasteiger partial charge is 0.409 e. The zero-order valence-electron chi connectivity index (χ0n) is 38.7. The lowest BCUT2D eigenvalue weighted by Gasteiger charge is -2.30. The number of rotatable bonds is 21. The van der Waals surface area contributed by atoms with Crippen LogP contribution in [0.4, 0.5) is 4.79 Å². The van der Waals surface area contributed by atoms with Crippen LogP contribution in [0, 0.1) is 12.8 Å². The summed E-state index contributed by atoms with van der Waals surface area (Å²) in [6, 6.07) is 35.1. The second-order valence-electron chi connectivity index (χ2n) is 17.0. The topological polar surface area (TPSA) is 150 Å². The Labute approximate surface area is 393 Å². The number of aryl methyl sites for hydroxylation is 1. The van der Waals surface area contributed by atoms with E-state index in [2.05, 4.69) is 83.2 Å². The first-order chi connectivity index (χ1) is 31.9. The summed E-state index contributed by atoms with van der Waals surface area (Å²) in [6.45, 7) is 8.95. The SMILES string of the molecule is CC/C(=C(\c1ccccc1)c1ccc(OCCN(C)C(=O)OCCCCCC(=O)N[C@H](C(=O)N2C[C@H](O)C[C@H]2C(=O)NCc2ccc(-c3scnc3C)cc2)C(C)C)cc1)c1ccccc1. The quantitative estimate of drug-likeness (QED) is 0.0488. The van der Waals surface area contributed by atoms with E-state index in [0.717, 1.165) is 39.2 Å². The molecule has 4 aromatic carbocycles. The zero-order chi connectivity index (χ0) is 47.0. The van der Waals surface area contributed by atoms with Crippen LogP contribution in [0.1, 0.15) is 87.2 Å². The molecule has 0 radical (unpaired) electrons. The number of nitrogens with zero attached hydrogens (tertiary/aromatic N) is 3. The third-order valence-corrected chi connectivity index (χ3v) is 12.8. The van der Waals surface area contributed by atoms with Gasteiger partial charge < -0.3 is 35.0 Å². The van der Waals surface area contributed by atoms with E-state index >= 15 is 0 Å². The molecule has 0 aliphatic carbocycles. The van der Waals surface area contributed by atoms with E-state index in [0.29, 0.717) is 38.2 Å². The Kier molecular flexibility index (Phi) is 18.1. The maximum Gasteiger partial charge on any atom is 0.409 e. The highest BCUT2D eigenvalue weighted by atomic mass is 32.1. The Morgan fingerprint density at radius 3 is 2.17 bits per heavy atom. The van der Waals surface area contributed by atoms with Crippen molar-refractivity contribution in [3.63, 3.8) is 0 Å². The van der Waals surface area contributed by atoms with E-state index in [-0.39, 0.29) is 50.3 Å². The molecule has 0 unspecified atom stereocenters. The average molecular weight is 914 g/mol. The van der Waals surface area contributed by atoms with E-state index < -0.39 is 30.2 Å². The number of benzene rings is 4. The van der Waals surface area contributed by atoms with Crippen LogP contribution in [0.15, 0.2) is 115 Å². The number of carbonyl (C=O) groups excluding carboxylic acids is 4. The van der Waals surface area contributed by atoms with Crippen molar-refractivity contribution >= 4 is 46.3 Å². The number of allylic oxidation sites excluding steroid dienone is 1. The lowest BCUT2D eigenvalue weighted by molar-refractivity contribution is -0.142. The Hall–Kier alpha value is -6.31. The van der Waals surface area contributed by atoms with Crippen LogP contribution in [-0.4, -0.2) is 95.2 Å². The van der Waals surface area contributed by atoms with Crippen molar-refractivity contribution in [2.75, 3.05) is 33.4 Å². The minimum Gasteiger partial charge on any atom is -0.492 e. The van der Waals surface area contributed by atoms with Crippen molar-refractivity contribution in [3.05, 3.63) is 143 Å². The highest BCUT2D eigenvalue weighted by Crippen LogP contribution is 2.35. The second kappa shape index (κ2) is 24.3. The van der Waals surface area contributed by atoms with E-state index in [9.17, 15) is 24.3 Å². The zero-order valence-corrected chi connectivity index (χ0v) is 39.5. The Morgan fingerprint density at radius 1 is 0.864 bits per heavy atom. The molecule has 4 amide bonds. The molecule has 1 aliphatic heterocycles. The van der Waals surface area contributed by atoms with Crippen LogP contribution in [0.25, 0.3) is 21.6 Å². The molecule has 5 aromatic rings. The summed E-state index contributed by atoms with van der Waals surface area (Å²) < 4.78 is 11.5. The number of amides is 4. The number of nitrogens with one attached hydrogen (secondary N) is 2. The molecule has 1 fully saturated rings.